The summed E-state index contributed by atoms with van der Waals surface area (Å²) in [5.74, 6) is 0.439. The maximum absolute atomic E-state index is 11.5. The summed E-state index contributed by atoms with van der Waals surface area (Å²) >= 11 is 0. The summed E-state index contributed by atoms with van der Waals surface area (Å²) in [6.45, 7) is 9.24. The second-order valence-electron chi connectivity index (χ2n) is 4.47. The molecule has 0 aromatic rings. The van der Waals surface area contributed by atoms with E-state index in [9.17, 15) is 9.59 Å². The molecule has 0 aliphatic rings. The number of carbonyl (C=O) groups excluding carboxylic acids is 2. The molecule has 0 aliphatic heterocycles. The van der Waals surface area contributed by atoms with E-state index in [-0.39, 0.29) is 18.4 Å². The fourth-order valence-electron chi connectivity index (χ4n) is 1.26. The van der Waals surface area contributed by atoms with Gasteiger partial charge >= 0.3 is 0 Å². The third-order valence-corrected chi connectivity index (χ3v) is 2.33. The van der Waals surface area contributed by atoms with E-state index in [1.165, 1.54) is 6.92 Å². The zero-order valence-corrected chi connectivity index (χ0v) is 10.9. The second-order valence-corrected chi connectivity index (χ2v) is 4.47. The van der Waals surface area contributed by atoms with Crippen molar-refractivity contribution in [2.24, 2.45) is 5.92 Å². The van der Waals surface area contributed by atoms with Gasteiger partial charge in [-0.3, -0.25) is 9.59 Å². The largest absolute Gasteiger partial charge is 0.355 e. The molecule has 0 bridgehead atoms. The van der Waals surface area contributed by atoms with Crippen molar-refractivity contribution in [2.45, 2.75) is 40.5 Å². The number of nitrogens with zero attached hydrogens (tertiary/aromatic N) is 1. The summed E-state index contributed by atoms with van der Waals surface area (Å²) in [7, 11) is 0. The van der Waals surface area contributed by atoms with E-state index >= 15 is 0 Å². The first kappa shape index (κ1) is 14.9. The van der Waals surface area contributed by atoms with Gasteiger partial charge in [-0.1, -0.05) is 20.8 Å². The Morgan fingerprint density at radius 3 is 2.38 bits per heavy atom. The molecule has 0 fully saturated rings. The Balaban J connectivity index is 4.02. The molecule has 0 saturated heterocycles. The topological polar surface area (TPSA) is 49.4 Å². The van der Waals surface area contributed by atoms with Crippen LogP contribution in [0, 0.1) is 5.92 Å². The Labute approximate surface area is 98.4 Å². The molecule has 16 heavy (non-hydrogen) atoms. The van der Waals surface area contributed by atoms with Gasteiger partial charge in [-0.25, -0.2) is 0 Å². The van der Waals surface area contributed by atoms with Crippen molar-refractivity contribution in [2.75, 3.05) is 19.6 Å². The summed E-state index contributed by atoms with van der Waals surface area (Å²) < 4.78 is 0. The lowest BCUT2D eigenvalue weighted by molar-refractivity contribution is -0.134. The molecular weight excluding hydrogens is 204 g/mol. The van der Waals surface area contributed by atoms with Gasteiger partial charge in [-0.2, -0.15) is 0 Å². The van der Waals surface area contributed by atoms with E-state index in [1.54, 1.807) is 4.90 Å². The third kappa shape index (κ3) is 7.26. The standard InChI is InChI=1S/C12H24N2O2/c1-5-7-13-12(16)9-14(11(4)15)8-6-10(2)3/h10H,5-9H2,1-4H3,(H,13,16). The van der Waals surface area contributed by atoms with Crippen LogP contribution in [0.5, 0.6) is 0 Å². The minimum atomic E-state index is -0.0687. The van der Waals surface area contributed by atoms with Gasteiger partial charge in [-0.15, -0.1) is 0 Å². The first-order chi connectivity index (χ1) is 7.47. The Morgan fingerprint density at radius 2 is 1.94 bits per heavy atom. The maximum atomic E-state index is 11.5. The molecule has 94 valence electrons. The minimum Gasteiger partial charge on any atom is -0.355 e. The molecule has 0 aromatic heterocycles. The predicted octanol–water partition coefficient (Wildman–Crippen LogP) is 1.41. The molecule has 2 amide bonds. The van der Waals surface area contributed by atoms with Gasteiger partial charge in [0.25, 0.3) is 0 Å². The maximum Gasteiger partial charge on any atom is 0.239 e. The molecule has 0 heterocycles. The van der Waals surface area contributed by atoms with Gasteiger partial charge < -0.3 is 10.2 Å². The number of hydrogen-bond donors (Lipinski definition) is 1. The summed E-state index contributed by atoms with van der Waals surface area (Å²) in [5.41, 5.74) is 0. The van der Waals surface area contributed by atoms with Gasteiger partial charge in [0, 0.05) is 20.0 Å². The Kier molecular flexibility index (Phi) is 7.60. The first-order valence-corrected chi connectivity index (χ1v) is 5.99. The SMILES string of the molecule is CCCNC(=O)CN(CCC(C)C)C(C)=O. The van der Waals surface area contributed by atoms with Gasteiger partial charge in [0.1, 0.15) is 0 Å². The van der Waals surface area contributed by atoms with Crippen LogP contribution >= 0.6 is 0 Å². The van der Waals surface area contributed by atoms with Crippen molar-refractivity contribution in [3.05, 3.63) is 0 Å². The van der Waals surface area contributed by atoms with Crippen LogP contribution in [-0.4, -0.2) is 36.3 Å². The highest BCUT2D eigenvalue weighted by Gasteiger charge is 2.13. The lowest BCUT2D eigenvalue weighted by Crippen LogP contribution is -2.40. The molecular formula is C12H24N2O2. The number of rotatable bonds is 7. The van der Waals surface area contributed by atoms with E-state index in [4.69, 9.17) is 0 Å². The molecule has 0 radical (unpaired) electrons. The van der Waals surface area contributed by atoms with Crippen LogP contribution < -0.4 is 5.32 Å². The summed E-state index contributed by atoms with van der Waals surface area (Å²) in [4.78, 5) is 24.4. The molecule has 0 aliphatic carbocycles. The molecule has 0 aromatic carbocycles. The molecule has 1 N–H and O–H groups in total. The van der Waals surface area contributed by atoms with Gasteiger partial charge in [0.2, 0.25) is 11.8 Å². The number of amides is 2. The number of nitrogens with one attached hydrogen (secondary N) is 1. The van der Waals surface area contributed by atoms with Crippen LogP contribution in [-0.2, 0) is 9.59 Å². The van der Waals surface area contributed by atoms with Crippen molar-refractivity contribution < 1.29 is 9.59 Å². The zero-order valence-electron chi connectivity index (χ0n) is 10.9. The van der Waals surface area contributed by atoms with Gasteiger partial charge in [0.05, 0.1) is 6.54 Å². The monoisotopic (exact) mass is 228 g/mol. The molecule has 4 nitrogen and oxygen atoms in total. The highest BCUT2D eigenvalue weighted by molar-refractivity contribution is 5.83. The Morgan fingerprint density at radius 1 is 1.31 bits per heavy atom. The average molecular weight is 228 g/mol. The minimum absolute atomic E-state index is 0.0349. The third-order valence-electron chi connectivity index (χ3n) is 2.33. The summed E-state index contributed by atoms with van der Waals surface area (Å²) in [5, 5.41) is 2.77. The molecule has 0 rings (SSSR count). The Hall–Kier alpha value is -1.06. The summed E-state index contributed by atoms with van der Waals surface area (Å²) in [6.07, 6.45) is 1.85. The van der Waals surface area contributed by atoms with E-state index in [0.29, 0.717) is 19.0 Å². The van der Waals surface area contributed by atoms with Crippen molar-refractivity contribution in [3.63, 3.8) is 0 Å². The molecule has 4 heteroatoms. The van der Waals surface area contributed by atoms with Crippen molar-refractivity contribution in [1.82, 2.24) is 10.2 Å². The predicted molar refractivity (Wildman–Crippen MR) is 65.0 cm³/mol. The second kappa shape index (κ2) is 8.13. The Bertz CT molecular complexity index is 227. The quantitative estimate of drug-likeness (QED) is 0.716. The number of hydrogen-bond acceptors (Lipinski definition) is 2. The normalized spacial score (nSPS) is 10.3. The van der Waals surface area contributed by atoms with E-state index in [1.807, 2.05) is 6.92 Å². The van der Waals surface area contributed by atoms with Crippen LogP contribution in [0.3, 0.4) is 0 Å². The molecule has 0 spiro atoms. The smallest absolute Gasteiger partial charge is 0.239 e. The number of carbonyl (C=O) groups is 2. The van der Waals surface area contributed by atoms with Crippen LogP contribution in [0.2, 0.25) is 0 Å². The van der Waals surface area contributed by atoms with Crippen LogP contribution in [0.1, 0.15) is 40.5 Å². The lowest BCUT2D eigenvalue weighted by Gasteiger charge is -2.21. The highest BCUT2D eigenvalue weighted by Crippen LogP contribution is 2.02. The zero-order chi connectivity index (χ0) is 12.6. The van der Waals surface area contributed by atoms with Crippen molar-refractivity contribution in [3.8, 4) is 0 Å². The molecule has 0 atom stereocenters. The fraction of sp³-hybridized carbons (Fsp3) is 0.833. The van der Waals surface area contributed by atoms with E-state index < -0.39 is 0 Å². The average Bonchev–Trinajstić information content (AvgIpc) is 2.20. The van der Waals surface area contributed by atoms with E-state index in [2.05, 4.69) is 19.2 Å². The molecule has 0 saturated carbocycles. The summed E-state index contributed by atoms with van der Waals surface area (Å²) in [6, 6.07) is 0. The van der Waals surface area contributed by atoms with Crippen LogP contribution in [0.4, 0.5) is 0 Å². The van der Waals surface area contributed by atoms with Crippen molar-refractivity contribution >= 4 is 11.8 Å². The fourth-order valence-corrected chi connectivity index (χ4v) is 1.26. The van der Waals surface area contributed by atoms with Crippen LogP contribution in [0.15, 0.2) is 0 Å². The van der Waals surface area contributed by atoms with E-state index in [0.717, 1.165) is 12.8 Å². The first-order valence-electron chi connectivity index (χ1n) is 5.99. The van der Waals surface area contributed by atoms with Crippen LogP contribution in [0.25, 0.3) is 0 Å². The molecule has 0 unspecified atom stereocenters. The van der Waals surface area contributed by atoms with Crippen molar-refractivity contribution in [1.29, 1.82) is 0 Å². The highest BCUT2D eigenvalue weighted by atomic mass is 16.2. The lowest BCUT2D eigenvalue weighted by atomic mass is 10.1. The van der Waals surface area contributed by atoms with Gasteiger partial charge in [0.15, 0.2) is 0 Å². The van der Waals surface area contributed by atoms with Gasteiger partial charge in [-0.05, 0) is 18.8 Å².